The standard InChI is InChI=1S/C27H26F3N3OS/c1-17-32-23-15-11-20(16-24(23)35-17)22(14-10-18-8-12-21(13-9-18)27(28,29)30)33-25(26(34)31-2)19-6-4-3-5-7-19/h3-9,11-13,15-16,22,25,33H,10,14H2,1-2H3,(H,31,34)/t22-,25+/m0/s1. The minimum absolute atomic E-state index is 0.162. The number of nitrogens with one attached hydrogen (secondary N) is 2. The Kier molecular flexibility index (Phi) is 7.52. The molecular formula is C27H26F3N3OS. The second-order valence-electron chi connectivity index (χ2n) is 8.37. The summed E-state index contributed by atoms with van der Waals surface area (Å²) in [6.07, 6.45) is -3.22. The van der Waals surface area contributed by atoms with E-state index < -0.39 is 17.8 Å². The summed E-state index contributed by atoms with van der Waals surface area (Å²) in [5.41, 5.74) is 2.89. The smallest absolute Gasteiger partial charge is 0.358 e. The van der Waals surface area contributed by atoms with Crippen molar-refractivity contribution in [3.05, 3.63) is 100 Å². The van der Waals surface area contributed by atoms with Crippen LogP contribution in [-0.2, 0) is 17.4 Å². The van der Waals surface area contributed by atoms with Crippen LogP contribution in [0, 0.1) is 6.92 Å². The summed E-state index contributed by atoms with van der Waals surface area (Å²) in [5.74, 6) is -0.162. The first-order valence-electron chi connectivity index (χ1n) is 11.3. The Labute approximate surface area is 206 Å². The van der Waals surface area contributed by atoms with Gasteiger partial charge >= 0.3 is 6.18 Å². The first kappa shape index (κ1) is 24.9. The van der Waals surface area contributed by atoms with Crippen LogP contribution in [0.15, 0.2) is 72.8 Å². The van der Waals surface area contributed by atoms with Crippen LogP contribution < -0.4 is 10.6 Å². The van der Waals surface area contributed by atoms with Gasteiger partial charge in [0.15, 0.2) is 0 Å². The van der Waals surface area contributed by atoms with Crippen molar-refractivity contribution < 1.29 is 18.0 Å². The van der Waals surface area contributed by atoms with Gasteiger partial charge in [-0.15, -0.1) is 11.3 Å². The van der Waals surface area contributed by atoms with E-state index in [1.807, 2.05) is 49.4 Å². The van der Waals surface area contributed by atoms with Crippen molar-refractivity contribution >= 4 is 27.5 Å². The monoisotopic (exact) mass is 497 g/mol. The zero-order valence-electron chi connectivity index (χ0n) is 19.4. The van der Waals surface area contributed by atoms with E-state index in [9.17, 15) is 18.0 Å². The molecule has 182 valence electrons. The zero-order valence-corrected chi connectivity index (χ0v) is 20.2. The van der Waals surface area contributed by atoms with Crippen LogP contribution in [0.25, 0.3) is 10.2 Å². The molecule has 4 rings (SSSR count). The Balaban J connectivity index is 1.63. The molecule has 8 heteroatoms. The van der Waals surface area contributed by atoms with Crippen LogP contribution in [0.4, 0.5) is 13.2 Å². The predicted octanol–water partition coefficient (Wildman–Crippen LogP) is 6.37. The van der Waals surface area contributed by atoms with Gasteiger partial charge in [-0.05, 0) is 60.7 Å². The molecule has 1 amide bonds. The van der Waals surface area contributed by atoms with Gasteiger partial charge < -0.3 is 5.32 Å². The fourth-order valence-electron chi connectivity index (χ4n) is 4.11. The van der Waals surface area contributed by atoms with Gasteiger partial charge in [-0.1, -0.05) is 48.5 Å². The maximum atomic E-state index is 12.9. The van der Waals surface area contributed by atoms with E-state index in [0.29, 0.717) is 12.8 Å². The Hall–Kier alpha value is -3.23. The molecule has 1 aromatic heterocycles. The summed E-state index contributed by atoms with van der Waals surface area (Å²) in [6.45, 7) is 1.96. The molecule has 0 radical (unpaired) electrons. The number of hydrogen-bond donors (Lipinski definition) is 2. The number of halogens is 3. The van der Waals surface area contributed by atoms with Crippen molar-refractivity contribution in [3.8, 4) is 0 Å². The largest absolute Gasteiger partial charge is 0.416 e. The van der Waals surface area contributed by atoms with Gasteiger partial charge in [0.05, 0.1) is 20.8 Å². The summed E-state index contributed by atoms with van der Waals surface area (Å²) in [6, 6.07) is 20.0. The highest BCUT2D eigenvalue weighted by Crippen LogP contribution is 2.31. The van der Waals surface area contributed by atoms with Crippen molar-refractivity contribution in [2.24, 2.45) is 0 Å². The Bertz CT molecular complexity index is 1290. The molecule has 0 spiro atoms. The van der Waals surface area contributed by atoms with Gasteiger partial charge in [0.2, 0.25) is 5.91 Å². The number of nitrogens with zero attached hydrogens (tertiary/aromatic N) is 1. The lowest BCUT2D eigenvalue weighted by Crippen LogP contribution is -2.38. The lowest BCUT2D eigenvalue weighted by Gasteiger charge is -2.26. The van der Waals surface area contributed by atoms with Gasteiger partial charge in [-0.2, -0.15) is 13.2 Å². The number of alkyl halides is 3. The summed E-state index contributed by atoms with van der Waals surface area (Å²) >= 11 is 1.60. The topological polar surface area (TPSA) is 54.0 Å². The normalized spacial score (nSPS) is 13.5. The molecule has 2 atom stereocenters. The van der Waals surface area contributed by atoms with E-state index in [1.54, 1.807) is 18.4 Å². The molecule has 0 saturated heterocycles. The van der Waals surface area contributed by atoms with Crippen LogP contribution in [-0.4, -0.2) is 17.9 Å². The van der Waals surface area contributed by atoms with E-state index in [0.717, 1.165) is 44.0 Å². The fraction of sp³-hybridized carbons (Fsp3) is 0.259. The molecule has 0 bridgehead atoms. The zero-order chi connectivity index (χ0) is 25.0. The molecule has 4 aromatic rings. The summed E-state index contributed by atoms with van der Waals surface area (Å²) in [4.78, 5) is 17.3. The summed E-state index contributed by atoms with van der Waals surface area (Å²) in [7, 11) is 1.60. The van der Waals surface area contributed by atoms with Crippen LogP contribution in [0.3, 0.4) is 0 Å². The molecular weight excluding hydrogens is 471 g/mol. The summed E-state index contributed by atoms with van der Waals surface area (Å²) < 4.78 is 39.9. The van der Waals surface area contributed by atoms with Gasteiger partial charge in [0, 0.05) is 13.1 Å². The van der Waals surface area contributed by atoms with Crippen molar-refractivity contribution in [2.75, 3.05) is 7.05 Å². The van der Waals surface area contributed by atoms with Crippen LogP contribution in [0.5, 0.6) is 0 Å². The average molecular weight is 498 g/mol. The highest BCUT2D eigenvalue weighted by Gasteiger charge is 2.30. The minimum atomic E-state index is -4.36. The summed E-state index contributed by atoms with van der Waals surface area (Å²) in [5, 5.41) is 7.21. The number of carbonyl (C=O) groups is 1. The minimum Gasteiger partial charge on any atom is -0.358 e. The molecule has 0 unspecified atom stereocenters. The number of amides is 1. The number of hydrogen-bond acceptors (Lipinski definition) is 4. The molecule has 4 nitrogen and oxygen atoms in total. The van der Waals surface area contributed by atoms with Gasteiger partial charge in [-0.25, -0.2) is 4.98 Å². The highest BCUT2D eigenvalue weighted by molar-refractivity contribution is 7.18. The first-order valence-corrected chi connectivity index (χ1v) is 12.1. The van der Waals surface area contributed by atoms with Gasteiger partial charge in [-0.3, -0.25) is 10.1 Å². The molecule has 0 aliphatic carbocycles. The molecule has 0 fully saturated rings. The lowest BCUT2D eigenvalue weighted by atomic mass is 9.96. The van der Waals surface area contributed by atoms with Crippen LogP contribution >= 0.6 is 11.3 Å². The second kappa shape index (κ2) is 10.6. The number of benzene rings is 3. The molecule has 1 heterocycles. The quantitative estimate of drug-likeness (QED) is 0.297. The fourth-order valence-corrected chi connectivity index (χ4v) is 4.98. The SMILES string of the molecule is CNC(=O)[C@H](N[C@@H](CCc1ccc(C(F)(F)F)cc1)c1ccc2nc(C)sc2c1)c1ccccc1. The Morgan fingerprint density at radius 1 is 1.00 bits per heavy atom. The van der Waals surface area contributed by atoms with E-state index in [2.05, 4.69) is 21.7 Å². The molecule has 0 aliphatic heterocycles. The Morgan fingerprint density at radius 2 is 1.71 bits per heavy atom. The number of fused-ring (bicyclic) bond motifs is 1. The van der Waals surface area contributed by atoms with Crippen molar-refractivity contribution in [1.29, 1.82) is 0 Å². The van der Waals surface area contributed by atoms with Crippen molar-refractivity contribution in [3.63, 3.8) is 0 Å². The number of thiazole rings is 1. The number of likely N-dealkylation sites (N-methyl/N-ethyl adjacent to an activating group) is 1. The van der Waals surface area contributed by atoms with E-state index in [4.69, 9.17) is 0 Å². The molecule has 0 saturated carbocycles. The first-order chi connectivity index (χ1) is 16.7. The third-order valence-corrected chi connectivity index (χ3v) is 6.87. The molecule has 35 heavy (non-hydrogen) atoms. The third-order valence-electron chi connectivity index (χ3n) is 5.93. The van der Waals surface area contributed by atoms with E-state index in [1.165, 1.54) is 12.1 Å². The van der Waals surface area contributed by atoms with Gasteiger partial charge in [0.1, 0.15) is 6.04 Å². The molecule has 3 aromatic carbocycles. The maximum absolute atomic E-state index is 12.9. The number of rotatable bonds is 8. The molecule has 2 N–H and O–H groups in total. The lowest BCUT2D eigenvalue weighted by molar-refractivity contribution is -0.137. The number of carbonyl (C=O) groups excluding carboxylic acids is 1. The van der Waals surface area contributed by atoms with E-state index in [-0.39, 0.29) is 11.9 Å². The van der Waals surface area contributed by atoms with Crippen molar-refractivity contribution in [1.82, 2.24) is 15.6 Å². The number of aromatic nitrogens is 1. The molecule has 0 aliphatic rings. The second-order valence-corrected chi connectivity index (χ2v) is 9.61. The number of aryl methyl sites for hydroxylation is 2. The van der Waals surface area contributed by atoms with Crippen LogP contribution in [0.2, 0.25) is 0 Å². The van der Waals surface area contributed by atoms with E-state index >= 15 is 0 Å². The van der Waals surface area contributed by atoms with Crippen molar-refractivity contribution in [2.45, 2.75) is 38.0 Å². The third kappa shape index (κ3) is 6.07. The average Bonchev–Trinajstić information content (AvgIpc) is 3.23. The highest BCUT2D eigenvalue weighted by atomic mass is 32.1. The maximum Gasteiger partial charge on any atom is 0.416 e. The predicted molar refractivity (Wildman–Crippen MR) is 133 cm³/mol. The van der Waals surface area contributed by atoms with Gasteiger partial charge in [0.25, 0.3) is 0 Å². The Morgan fingerprint density at radius 3 is 2.37 bits per heavy atom. The van der Waals surface area contributed by atoms with Crippen LogP contribution in [0.1, 0.15) is 45.8 Å².